The van der Waals surface area contributed by atoms with Crippen LogP contribution in [0, 0.1) is 0 Å². The molecule has 0 heterocycles. The first-order chi connectivity index (χ1) is 10.6. The van der Waals surface area contributed by atoms with Gasteiger partial charge in [-0.3, -0.25) is 4.79 Å². The second-order valence-electron chi connectivity index (χ2n) is 4.49. The number of ether oxygens (including phenoxy) is 2. The lowest BCUT2D eigenvalue weighted by Gasteiger charge is -2.07. The zero-order valence-electron chi connectivity index (χ0n) is 12.0. The molecule has 2 aromatic rings. The number of phenols is 1. The van der Waals surface area contributed by atoms with Crippen LogP contribution >= 0.6 is 0 Å². The second-order valence-corrected chi connectivity index (χ2v) is 4.49. The van der Waals surface area contributed by atoms with E-state index in [0.717, 1.165) is 6.08 Å². The van der Waals surface area contributed by atoms with E-state index in [0.29, 0.717) is 11.3 Å². The number of phenolic OH excluding ortho intramolecular Hbond substituents is 1. The molecule has 5 heteroatoms. The molecule has 0 atom stereocenters. The normalized spacial score (nSPS) is 11.2. The Bertz CT molecular complexity index is 677. The predicted molar refractivity (Wildman–Crippen MR) is 82.0 cm³/mol. The monoisotopic (exact) mass is 300 g/mol. The van der Waals surface area contributed by atoms with E-state index in [1.165, 1.54) is 19.2 Å². The molecule has 114 valence electrons. The van der Waals surface area contributed by atoms with Gasteiger partial charge in [0.2, 0.25) is 0 Å². The molecule has 0 fully saturated rings. The maximum absolute atomic E-state index is 12.1. The maximum atomic E-state index is 12.1. The van der Waals surface area contributed by atoms with Gasteiger partial charge in [0.15, 0.2) is 12.6 Å². The number of methoxy groups -OCH3 is 1. The third-order valence-corrected chi connectivity index (χ3v) is 2.92. The Morgan fingerprint density at radius 3 is 2.55 bits per heavy atom. The Morgan fingerprint density at radius 1 is 1.18 bits per heavy atom. The van der Waals surface area contributed by atoms with E-state index < -0.39 is 5.78 Å². The van der Waals surface area contributed by atoms with Crippen molar-refractivity contribution in [1.29, 1.82) is 0 Å². The van der Waals surface area contributed by atoms with Crippen LogP contribution in [0.1, 0.15) is 15.9 Å². The van der Waals surface area contributed by atoms with E-state index >= 15 is 0 Å². The Hall–Kier alpha value is -2.79. The van der Waals surface area contributed by atoms with Gasteiger partial charge in [-0.15, -0.1) is 0 Å². The van der Waals surface area contributed by atoms with Crippen LogP contribution in [0.3, 0.4) is 0 Å². The fourth-order valence-corrected chi connectivity index (χ4v) is 1.83. The number of carbonyl (C=O) groups is 1. The Balaban J connectivity index is 2.19. The van der Waals surface area contributed by atoms with Crippen LogP contribution in [0.5, 0.6) is 11.5 Å². The lowest BCUT2D eigenvalue weighted by Crippen LogP contribution is -2.01. The Morgan fingerprint density at radius 2 is 1.91 bits per heavy atom. The number of rotatable bonds is 6. The number of hydrogen-bond acceptors (Lipinski definition) is 5. The molecule has 0 aliphatic heterocycles. The van der Waals surface area contributed by atoms with E-state index in [1.807, 2.05) is 6.07 Å². The third kappa shape index (κ3) is 3.86. The van der Waals surface area contributed by atoms with Gasteiger partial charge in [0.05, 0.1) is 5.56 Å². The lowest BCUT2D eigenvalue weighted by molar-refractivity contribution is 0.0510. The highest BCUT2D eigenvalue weighted by Gasteiger charge is 2.12. The fraction of sp³-hybridized carbons (Fsp3) is 0.118. The topological polar surface area (TPSA) is 76.0 Å². The third-order valence-electron chi connectivity index (χ3n) is 2.92. The molecule has 0 bridgehead atoms. The largest absolute Gasteiger partial charge is 0.507 e. The fourth-order valence-electron chi connectivity index (χ4n) is 1.83. The summed E-state index contributed by atoms with van der Waals surface area (Å²) in [6.45, 7) is 0.0431. The predicted octanol–water partition coefficient (Wildman–Crippen LogP) is 3.16. The molecule has 2 N–H and O–H groups in total. The van der Waals surface area contributed by atoms with Gasteiger partial charge in [-0.1, -0.05) is 30.3 Å². The molecule has 5 nitrogen and oxygen atoms in total. The molecule has 0 amide bonds. The van der Waals surface area contributed by atoms with Gasteiger partial charge >= 0.3 is 0 Å². The lowest BCUT2D eigenvalue weighted by atomic mass is 10.1. The summed E-state index contributed by atoms with van der Waals surface area (Å²) in [4.78, 5) is 12.1. The summed E-state index contributed by atoms with van der Waals surface area (Å²) in [7, 11) is 1.48. The van der Waals surface area contributed by atoms with Gasteiger partial charge in [0.25, 0.3) is 0 Å². The van der Waals surface area contributed by atoms with Gasteiger partial charge in [0, 0.05) is 24.8 Å². The molecule has 0 spiro atoms. The van der Waals surface area contributed by atoms with Crippen LogP contribution in [0.4, 0.5) is 0 Å². The molecule has 0 aliphatic rings. The summed E-state index contributed by atoms with van der Waals surface area (Å²) in [6.07, 6.45) is 1.07. The first-order valence-corrected chi connectivity index (χ1v) is 6.57. The van der Waals surface area contributed by atoms with Crippen molar-refractivity contribution in [2.45, 2.75) is 0 Å². The average Bonchev–Trinajstić information content (AvgIpc) is 2.53. The van der Waals surface area contributed by atoms with Crippen molar-refractivity contribution in [2.75, 3.05) is 13.9 Å². The van der Waals surface area contributed by atoms with Crippen molar-refractivity contribution in [2.24, 2.45) is 0 Å². The van der Waals surface area contributed by atoms with E-state index in [-0.39, 0.29) is 23.9 Å². The van der Waals surface area contributed by atoms with Crippen LogP contribution in [-0.4, -0.2) is 29.9 Å². The van der Waals surface area contributed by atoms with Crippen LogP contribution in [-0.2, 0) is 4.74 Å². The van der Waals surface area contributed by atoms with Gasteiger partial charge in [-0.25, -0.2) is 0 Å². The number of aliphatic hydroxyl groups excluding tert-OH is 1. The smallest absolute Gasteiger partial charge is 0.193 e. The number of allylic oxidation sites excluding steroid dienone is 1. The van der Waals surface area contributed by atoms with E-state index in [2.05, 4.69) is 0 Å². The Kier molecular flexibility index (Phi) is 5.16. The molecule has 0 aromatic heterocycles. The van der Waals surface area contributed by atoms with E-state index in [9.17, 15) is 15.0 Å². The number of aliphatic hydroxyl groups is 1. The number of benzene rings is 2. The van der Waals surface area contributed by atoms with Gasteiger partial charge < -0.3 is 19.7 Å². The number of carbonyl (C=O) groups excluding carboxylic acids is 1. The van der Waals surface area contributed by atoms with Gasteiger partial charge in [-0.2, -0.15) is 0 Å². The summed E-state index contributed by atoms with van der Waals surface area (Å²) >= 11 is 0. The van der Waals surface area contributed by atoms with Crippen molar-refractivity contribution in [3.63, 3.8) is 0 Å². The molecule has 2 aromatic carbocycles. The summed E-state index contributed by atoms with van der Waals surface area (Å²) in [5.74, 6) is -0.510. The summed E-state index contributed by atoms with van der Waals surface area (Å²) in [6, 6.07) is 13.0. The minimum Gasteiger partial charge on any atom is -0.507 e. The van der Waals surface area contributed by atoms with Crippen molar-refractivity contribution < 1.29 is 24.5 Å². The molecule has 0 saturated heterocycles. The zero-order chi connectivity index (χ0) is 15.9. The van der Waals surface area contributed by atoms with Crippen molar-refractivity contribution in [3.8, 4) is 11.5 Å². The van der Waals surface area contributed by atoms with Crippen LogP contribution in [0.2, 0.25) is 0 Å². The zero-order valence-corrected chi connectivity index (χ0v) is 12.0. The van der Waals surface area contributed by atoms with Gasteiger partial charge in [0.1, 0.15) is 17.3 Å². The summed E-state index contributed by atoms with van der Waals surface area (Å²) in [5, 5.41) is 19.8. The van der Waals surface area contributed by atoms with E-state index in [1.54, 1.807) is 30.3 Å². The van der Waals surface area contributed by atoms with Crippen LogP contribution in [0.15, 0.2) is 54.6 Å². The minimum atomic E-state index is -0.503. The van der Waals surface area contributed by atoms with Crippen molar-refractivity contribution >= 4 is 11.5 Å². The van der Waals surface area contributed by atoms with Crippen LogP contribution < -0.4 is 4.74 Å². The summed E-state index contributed by atoms with van der Waals surface area (Å²) < 4.78 is 9.91. The molecule has 0 aliphatic carbocycles. The van der Waals surface area contributed by atoms with Crippen molar-refractivity contribution in [3.05, 3.63) is 65.7 Å². The first kappa shape index (κ1) is 15.6. The highest BCUT2D eigenvalue weighted by molar-refractivity contribution is 6.09. The number of aromatic hydroxyl groups is 1. The minimum absolute atomic E-state index is 0.0431. The van der Waals surface area contributed by atoms with Crippen molar-refractivity contribution in [1.82, 2.24) is 0 Å². The first-order valence-electron chi connectivity index (χ1n) is 6.57. The quantitative estimate of drug-likeness (QED) is 0.371. The SMILES string of the molecule is COCOc1ccc(C(=O)C=C(O)c2ccccc2)c(O)c1. The molecule has 0 radical (unpaired) electrons. The highest BCUT2D eigenvalue weighted by atomic mass is 16.7. The Labute approximate surface area is 128 Å². The number of ketones is 1. The highest BCUT2D eigenvalue weighted by Crippen LogP contribution is 2.25. The molecule has 0 saturated carbocycles. The number of hydrogen-bond donors (Lipinski definition) is 2. The average molecular weight is 300 g/mol. The van der Waals surface area contributed by atoms with Crippen LogP contribution in [0.25, 0.3) is 5.76 Å². The second kappa shape index (κ2) is 7.28. The van der Waals surface area contributed by atoms with E-state index in [4.69, 9.17) is 9.47 Å². The molecule has 22 heavy (non-hydrogen) atoms. The summed E-state index contributed by atoms with van der Waals surface area (Å²) in [5.41, 5.74) is 0.600. The molecule has 2 rings (SSSR count). The standard InChI is InChI=1S/C17H16O5/c1-21-11-22-13-7-8-14(16(19)9-13)17(20)10-15(18)12-5-3-2-4-6-12/h2-10,18-19H,11H2,1H3. The molecular weight excluding hydrogens is 284 g/mol. The maximum Gasteiger partial charge on any atom is 0.193 e. The molecular formula is C17H16O5. The molecule has 0 unspecified atom stereocenters. The van der Waals surface area contributed by atoms with Gasteiger partial charge in [-0.05, 0) is 12.1 Å².